The second-order valence-electron chi connectivity index (χ2n) is 1.23. The van der Waals surface area contributed by atoms with Gasteiger partial charge >= 0.3 is 0 Å². The molecular formula is C3H8O2S3. The standard InChI is InChI=1S/C3H8O2S3/c1-6-3-7-8(2,4)5/h3H2,1-2H3. The Hall–Kier alpha value is 0.650. The van der Waals surface area contributed by atoms with E-state index in [1.54, 1.807) is 0 Å². The summed E-state index contributed by atoms with van der Waals surface area (Å²) in [5.41, 5.74) is 0. The summed E-state index contributed by atoms with van der Waals surface area (Å²) in [7, 11) is -1.82. The summed E-state index contributed by atoms with van der Waals surface area (Å²) in [4.78, 5) is 0. The van der Waals surface area contributed by atoms with Gasteiger partial charge in [0.1, 0.15) is 0 Å². The molecule has 0 heterocycles. The predicted octanol–water partition coefficient (Wildman–Crippen LogP) is 1.000. The summed E-state index contributed by atoms with van der Waals surface area (Å²) in [6.07, 6.45) is 3.09. The van der Waals surface area contributed by atoms with Crippen LogP contribution in [-0.2, 0) is 8.87 Å². The smallest absolute Gasteiger partial charge is 0.199 e. The first kappa shape index (κ1) is 8.65. The Balaban J connectivity index is 3.42. The fourth-order valence-corrected chi connectivity index (χ4v) is 3.66. The number of rotatable bonds is 3. The molecule has 0 aliphatic heterocycles. The van der Waals surface area contributed by atoms with E-state index in [1.807, 2.05) is 6.26 Å². The minimum atomic E-state index is -2.79. The molecule has 0 atom stereocenters. The molecule has 5 heteroatoms. The topological polar surface area (TPSA) is 34.1 Å². The lowest BCUT2D eigenvalue weighted by Crippen LogP contribution is -1.87. The van der Waals surface area contributed by atoms with Crippen LogP contribution in [0.5, 0.6) is 0 Å². The van der Waals surface area contributed by atoms with Crippen molar-refractivity contribution in [3.05, 3.63) is 0 Å². The van der Waals surface area contributed by atoms with Gasteiger partial charge in [-0.3, -0.25) is 0 Å². The molecule has 0 spiro atoms. The average Bonchev–Trinajstić information content (AvgIpc) is 1.59. The van der Waals surface area contributed by atoms with Gasteiger partial charge in [0.05, 0.1) is 5.08 Å². The first-order valence-corrected chi connectivity index (χ1v) is 6.68. The van der Waals surface area contributed by atoms with E-state index >= 15 is 0 Å². The molecule has 0 rings (SSSR count). The molecule has 2 nitrogen and oxygen atoms in total. The highest BCUT2D eigenvalue weighted by Crippen LogP contribution is 2.14. The van der Waals surface area contributed by atoms with Gasteiger partial charge in [-0.05, 0) is 17.0 Å². The van der Waals surface area contributed by atoms with E-state index in [4.69, 9.17) is 0 Å². The van der Waals surface area contributed by atoms with Crippen LogP contribution in [0, 0.1) is 0 Å². The van der Waals surface area contributed by atoms with Gasteiger partial charge in [0.15, 0.2) is 8.87 Å². The van der Waals surface area contributed by atoms with Gasteiger partial charge in [0.2, 0.25) is 0 Å². The maximum atomic E-state index is 10.3. The normalized spacial score (nSPS) is 11.8. The van der Waals surface area contributed by atoms with Crippen molar-refractivity contribution in [2.75, 3.05) is 17.6 Å². The van der Waals surface area contributed by atoms with Crippen LogP contribution in [0.15, 0.2) is 0 Å². The van der Waals surface area contributed by atoms with Crippen molar-refractivity contribution >= 4 is 31.4 Å². The van der Waals surface area contributed by atoms with Crippen molar-refractivity contribution in [2.24, 2.45) is 0 Å². The lowest BCUT2D eigenvalue weighted by molar-refractivity contribution is 0.615. The van der Waals surface area contributed by atoms with Crippen LogP contribution in [0.2, 0.25) is 0 Å². The van der Waals surface area contributed by atoms with Gasteiger partial charge in [-0.2, -0.15) is 11.8 Å². The Labute approximate surface area is 57.7 Å². The molecule has 0 aromatic rings. The molecule has 0 aromatic carbocycles. The molecule has 0 unspecified atom stereocenters. The molecular weight excluding hydrogens is 164 g/mol. The number of hydrogen-bond donors (Lipinski definition) is 0. The summed E-state index contributed by atoms with van der Waals surface area (Å²) in [5, 5.41) is 0.624. The lowest BCUT2D eigenvalue weighted by Gasteiger charge is -1.90. The zero-order chi connectivity index (χ0) is 6.62. The molecule has 0 fully saturated rings. The van der Waals surface area contributed by atoms with E-state index in [9.17, 15) is 8.42 Å². The molecule has 0 aliphatic carbocycles. The van der Waals surface area contributed by atoms with E-state index in [-0.39, 0.29) is 0 Å². The first-order valence-electron chi connectivity index (χ1n) is 1.89. The Bertz CT molecular complexity index is 137. The van der Waals surface area contributed by atoms with Gasteiger partial charge in [0, 0.05) is 6.26 Å². The van der Waals surface area contributed by atoms with Crippen LogP contribution < -0.4 is 0 Å². The second kappa shape index (κ2) is 3.63. The largest absolute Gasteiger partial charge is 0.218 e. The van der Waals surface area contributed by atoms with Crippen LogP contribution in [0.3, 0.4) is 0 Å². The lowest BCUT2D eigenvalue weighted by atomic mass is 11.9. The zero-order valence-corrected chi connectivity index (χ0v) is 7.20. The molecule has 0 bridgehead atoms. The van der Waals surface area contributed by atoms with Crippen LogP contribution >= 0.6 is 22.6 Å². The fourth-order valence-electron chi connectivity index (χ4n) is 0.136. The van der Waals surface area contributed by atoms with E-state index in [0.29, 0.717) is 5.08 Å². The molecule has 50 valence electrons. The van der Waals surface area contributed by atoms with Crippen molar-refractivity contribution in [2.45, 2.75) is 0 Å². The van der Waals surface area contributed by atoms with E-state index in [1.165, 1.54) is 18.0 Å². The third-order valence-corrected chi connectivity index (χ3v) is 4.29. The molecule has 0 N–H and O–H groups in total. The molecule has 0 aliphatic rings. The van der Waals surface area contributed by atoms with Crippen molar-refractivity contribution in [1.82, 2.24) is 0 Å². The summed E-state index contributed by atoms with van der Waals surface area (Å²) in [5.74, 6) is 0. The van der Waals surface area contributed by atoms with Crippen LogP contribution in [0.1, 0.15) is 0 Å². The maximum absolute atomic E-state index is 10.3. The summed E-state index contributed by atoms with van der Waals surface area (Å²) >= 11 is 1.51. The van der Waals surface area contributed by atoms with Gasteiger partial charge < -0.3 is 0 Å². The highest BCUT2D eigenvalue weighted by Gasteiger charge is 1.98. The van der Waals surface area contributed by atoms with Gasteiger partial charge in [-0.25, -0.2) is 8.42 Å². The summed E-state index contributed by atoms with van der Waals surface area (Å²) < 4.78 is 20.7. The molecule has 0 saturated heterocycles. The zero-order valence-electron chi connectivity index (χ0n) is 4.75. The van der Waals surface area contributed by atoms with E-state index in [2.05, 4.69) is 0 Å². The van der Waals surface area contributed by atoms with Gasteiger partial charge in [-0.15, -0.1) is 0 Å². The van der Waals surface area contributed by atoms with Gasteiger partial charge in [0.25, 0.3) is 0 Å². The van der Waals surface area contributed by atoms with E-state index < -0.39 is 8.87 Å². The highest BCUT2D eigenvalue weighted by molar-refractivity contribution is 8.73. The highest BCUT2D eigenvalue weighted by atomic mass is 33.1. The molecule has 0 radical (unpaired) electrons. The minimum Gasteiger partial charge on any atom is -0.218 e. The molecule has 8 heavy (non-hydrogen) atoms. The average molecular weight is 172 g/mol. The fraction of sp³-hybridized carbons (Fsp3) is 1.00. The van der Waals surface area contributed by atoms with Crippen LogP contribution in [-0.4, -0.2) is 26.0 Å². The molecule has 0 aromatic heterocycles. The van der Waals surface area contributed by atoms with Crippen LogP contribution in [0.4, 0.5) is 0 Å². The first-order chi connectivity index (χ1) is 3.56. The van der Waals surface area contributed by atoms with Crippen LogP contribution in [0.25, 0.3) is 0 Å². The van der Waals surface area contributed by atoms with Crippen molar-refractivity contribution in [3.8, 4) is 0 Å². The predicted molar refractivity (Wildman–Crippen MR) is 40.8 cm³/mol. The SMILES string of the molecule is CSCSS(C)(=O)=O. The monoisotopic (exact) mass is 172 g/mol. The molecule has 0 saturated carbocycles. The van der Waals surface area contributed by atoms with Gasteiger partial charge in [-0.1, -0.05) is 0 Å². The minimum absolute atomic E-state index is 0.624. The second-order valence-corrected chi connectivity index (χ2v) is 6.92. The third kappa shape index (κ3) is 6.65. The van der Waals surface area contributed by atoms with Crippen molar-refractivity contribution in [1.29, 1.82) is 0 Å². The number of thioether (sulfide) groups is 1. The quantitative estimate of drug-likeness (QED) is 0.470. The summed E-state index contributed by atoms with van der Waals surface area (Å²) in [6.45, 7) is 0. The third-order valence-electron chi connectivity index (χ3n) is 0.380. The summed E-state index contributed by atoms with van der Waals surface area (Å²) in [6, 6.07) is 0. The Kier molecular flexibility index (Phi) is 3.93. The maximum Gasteiger partial charge on any atom is 0.199 e. The Morgan fingerprint density at radius 2 is 2.00 bits per heavy atom. The Morgan fingerprint density at radius 1 is 1.50 bits per heavy atom. The van der Waals surface area contributed by atoms with Crippen molar-refractivity contribution < 1.29 is 8.42 Å². The van der Waals surface area contributed by atoms with E-state index in [0.717, 1.165) is 10.8 Å². The Morgan fingerprint density at radius 3 is 2.12 bits per heavy atom. The van der Waals surface area contributed by atoms with Crippen molar-refractivity contribution in [3.63, 3.8) is 0 Å². The molecule has 0 amide bonds. The number of hydrogen-bond acceptors (Lipinski definition) is 4.